The molecule has 4 nitrogen and oxygen atoms in total. The van der Waals surface area contributed by atoms with Gasteiger partial charge in [-0.25, -0.2) is 4.98 Å². The summed E-state index contributed by atoms with van der Waals surface area (Å²) in [5.74, 6) is 0.896. The van der Waals surface area contributed by atoms with Crippen molar-refractivity contribution in [2.45, 2.75) is 25.8 Å². The van der Waals surface area contributed by atoms with E-state index in [-0.39, 0.29) is 0 Å². The fourth-order valence-electron chi connectivity index (χ4n) is 2.64. The van der Waals surface area contributed by atoms with Gasteiger partial charge in [0.15, 0.2) is 0 Å². The van der Waals surface area contributed by atoms with Crippen molar-refractivity contribution < 1.29 is 0 Å². The molecule has 1 fully saturated rings. The lowest BCUT2D eigenvalue weighted by atomic mass is 10.2. The van der Waals surface area contributed by atoms with Gasteiger partial charge in [0.2, 0.25) is 0 Å². The molecule has 0 aliphatic carbocycles. The molecule has 2 heterocycles. The number of aryl methyl sites for hydroxylation is 1. The number of anilines is 1. The van der Waals surface area contributed by atoms with E-state index in [0.717, 1.165) is 23.6 Å². The number of likely N-dealkylation sites (tertiary alicyclic amines) is 1. The zero-order chi connectivity index (χ0) is 14.0. The summed E-state index contributed by atoms with van der Waals surface area (Å²) in [4.78, 5) is 9.60. The number of hydrogen-bond donors (Lipinski definition) is 1. The number of thiocarbonyl (C=S) groups is 1. The van der Waals surface area contributed by atoms with Crippen LogP contribution in [0.2, 0.25) is 0 Å². The van der Waals surface area contributed by atoms with Crippen LogP contribution in [0.3, 0.4) is 0 Å². The van der Waals surface area contributed by atoms with Crippen molar-refractivity contribution in [3.8, 4) is 0 Å². The molecule has 5 heteroatoms. The van der Waals surface area contributed by atoms with E-state index in [1.54, 1.807) is 0 Å². The van der Waals surface area contributed by atoms with Crippen molar-refractivity contribution in [2.75, 3.05) is 32.1 Å². The first-order valence-electron chi connectivity index (χ1n) is 6.68. The lowest BCUT2D eigenvalue weighted by Crippen LogP contribution is -2.37. The number of aromatic nitrogens is 1. The second kappa shape index (κ2) is 5.84. The highest BCUT2D eigenvalue weighted by Gasteiger charge is 2.23. The third kappa shape index (κ3) is 3.22. The predicted octanol–water partition coefficient (Wildman–Crippen LogP) is 1.55. The highest BCUT2D eigenvalue weighted by Crippen LogP contribution is 2.21. The molecule has 1 aromatic heterocycles. The standard InChI is InChI=1S/C14H22N4S/c1-10-6-7-12(13(15)19)14(16-10)18(3)9-11-5-4-8-17(11)2/h6-7,11H,4-5,8-9H2,1-3H3,(H2,15,19). The first kappa shape index (κ1) is 14.2. The summed E-state index contributed by atoms with van der Waals surface area (Å²) in [6, 6.07) is 4.51. The average Bonchev–Trinajstić information content (AvgIpc) is 2.74. The van der Waals surface area contributed by atoms with Gasteiger partial charge in [-0.15, -0.1) is 0 Å². The fourth-order valence-corrected chi connectivity index (χ4v) is 2.80. The van der Waals surface area contributed by atoms with E-state index in [0.29, 0.717) is 11.0 Å². The van der Waals surface area contributed by atoms with Crippen LogP contribution in [-0.4, -0.2) is 48.1 Å². The van der Waals surface area contributed by atoms with E-state index >= 15 is 0 Å². The number of rotatable bonds is 4. The van der Waals surface area contributed by atoms with E-state index < -0.39 is 0 Å². The summed E-state index contributed by atoms with van der Waals surface area (Å²) in [6.07, 6.45) is 2.52. The van der Waals surface area contributed by atoms with Gasteiger partial charge in [0, 0.05) is 25.3 Å². The molecular weight excluding hydrogens is 256 g/mol. The molecular formula is C14H22N4S. The summed E-state index contributed by atoms with van der Waals surface area (Å²) >= 11 is 5.12. The predicted molar refractivity (Wildman–Crippen MR) is 83.8 cm³/mol. The Bertz CT molecular complexity index is 475. The normalized spacial score (nSPS) is 19.6. The van der Waals surface area contributed by atoms with Crippen LogP contribution >= 0.6 is 12.2 Å². The highest BCUT2D eigenvalue weighted by molar-refractivity contribution is 7.80. The van der Waals surface area contributed by atoms with Crippen LogP contribution in [0.5, 0.6) is 0 Å². The highest BCUT2D eigenvalue weighted by atomic mass is 32.1. The molecule has 1 atom stereocenters. The lowest BCUT2D eigenvalue weighted by Gasteiger charge is -2.28. The SMILES string of the molecule is Cc1ccc(C(N)=S)c(N(C)CC2CCCN2C)n1. The van der Waals surface area contributed by atoms with Crippen LogP contribution in [-0.2, 0) is 0 Å². The molecule has 0 amide bonds. The van der Waals surface area contributed by atoms with Crippen molar-refractivity contribution >= 4 is 23.0 Å². The number of hydrogen-bond acceptors (Lipinski definition) is 4. The Kier molecular flexibility index (Phi) is 4.37. The molecule has 1 unspecified atom stereocenters. The van der Waals surface area contributed by atoms with E-state index in [4.69, 9.17) is 18.0 Å². The average molecular weight is 278 g/mol. The molecule has 0 aromatic carbocycles. The molecule has 2 N–H and O–H groups in total. The molecule has 1 aliphatic rings. The van der Waals surface area contributed by atoms with Crippen molar-refractivity contribution in [1.82, 2.24) is 9.88 Å². The Morgan fingerprint density at radius 2 is 2.32 bits per heavy atom. The van der Waals surface area contributed by atoms with Gasteiger partial charge in [-0.2, -0.15) is 0 Å². The Hall–Kier alpha value is -1.20. The summed E-state index contributed by atoms with van der Waals surface area (Å²) in [7, 11) is 4.25. The number of nitrogens with zero attached hydrogens (tertiary/aromatic N) is 3. The van der Waals surface area contributed by atoms with Gasteiger partial charge >= 0.3 is 0 Å². The van der Waals surface area contributed by atoms with Crippen LogP contribution in [0.15, 0.2) is 12.1 Å². The van der Waals surface area contributed by atoms with Crippen molar-refractivity contribution in [1.29, 1.82) is 0 Å². The summed E-state index contributed by atoms with van der Waals surface area (Å²) in [5.41, 5.74) is 7.64. The maximum absolute atomic E-state index is 5.79. The third-order valence-corrected chi connectivity index (χ3v) is 4.02. The minimum atomic E-state index is 0.411. The van der Waals surface area contributed by atoms with E-state index in [2.05, 4.69) is 28.9 Å². The zero-order valence-electron chi connectivity index (χ0n) is 11.9. The maximum Gasteiger partial charge on any atom is 0.138 e. The van der Waals surface area contributed by atoms with E-state index in [1.165, 1.54) is 19.4 Å². The molecule has 104 valence electrons. The molecule has 1 aromatic rings. The molecule has 2 rings (SSSR count). The first-order chi connectivity index (χ1) is 8.99. The summed E-state index contributed by atoms with van der Waals surface area (Å²) in [5, 5.41) is 0. The van der Waals surface area contributed by atoms with Gasteiger partial charge in [0.1, 0.15) is 10.8 Å². The largest absolute Gasteiger partial charge is 0.389 e. The second-order valence-electron chi connectivity index (χ2n) is 5.35. The van der Waals surface area contributed by atoms with E-state index in [9.17, 15) is 0 Å². The van der Waals surface area contributed by atoms with Gasteiger partial charge in [0.25, 0.3) is 0 Å². The van der Waals surface area contributed by atoms with Crippen LogP contribution in [0, 0.1) is 6.92 Å². The van der Waals surface area contributed by atoms with Crippen molar-refractivity contribution in [2.24, 2.45) is 5.73 Å². The third-order valence-electron chi connectivity index (χ3n) is 3.80. The van der Waals surface area contributed by atoms with Crippen LogP contribution in [0.4, 0.5) is 5.82 Å². The van der Waals surface area contributed by atoms with Crippen LogP contribution in [0.25, 0.3) is 0 Å². The fraction of sp³-hybridized carbons (Fsp3) is 0.571. The minimum Gasteiger partial charge on any atom is -0.389 e. The van der Waals surface area contributed by atoms with Gasteiger partial charge in [-0.3, -0.25) is 0 Å². The van der Waals surface area contributed by atoms with E-state index in [1.807, 2.05) is 19.1 Å². The quantitative estimate of drug-likeness (QED) is 0.847. The molecule has 0 saturated carbocycles. The zero-order valence-corrected chi connectivity index (χ0v) is 12.7. The van der Waals surface area contributed by atoms with Crippen molar-refractivity contribution in [3.05, 3.63) is 23.4 Å². The van der Waals surface area contributed by atoms with Crippen LogP contribution in [0.1, 0.15) is 24.1 Å². The molecule has 0 radical (unpaired) electrons. The van der Waals surface area contributed by atoms with Crippen molar-refractivity contribution in [3.63, 3.8) is 0 Å². The minimum absolute atomic E-state index is 0.411. The van der Waals surface area contributed by atoms with Gasteiger partial charge < -0.3 is 15.5 Å². The second-order valence-corrected chi connectivity index (χ2v) is 5.79. The topological polar surface area (TPSA) is 45.4 Å². The maximum atomic E-state index is 5.79. The molecule has 0 spiro atoms. The Labute approximate surface area is 120 Å². The smallest absolute Gasteiger partial charge is 0.138 e. The number of likely N-dealkylation sites (N-methyl/N-ethyl adjacent to an activating group) is 2. The van der Waals surface area contributed by atoms with Crippen LogP contribution < -0.4 is 10.6 Å². The molecule has 1 aliphatic heterocycles. The molecule has 0 bridgehead atoms. The lowest BCUT2D eigenvalue weighted by molar-refractivity contribution is 0.314. The summed E-state index contributed by atoms with van der Waals surface area (Å²) in [6.45, 7) is 4.13. The van der Waals surface area contributed by atoms with Gasteiger partial charge in [-0.1, -0.05) is 12.2 Å². The molecule has 19 heavy (non-hydrogen) atoms. The first-order valence-corrected chi connectivity index (χ1v) is 7.08. The van der Waals surface area contributed by atoms with Gasteiger partial charge in [-0.05, 0) is 45.5 Å². The van der Waals surface area contributed by atoms with Gasteiger partial charge in [0.05, 0.1) is 5.56 Å². The monoisotopic (exact) mass is 278 g/mol. The number of nitrogens with two attached hydrogens (primary N) is 1. The Morgan fingerprint density at radius 3 is 2.89 bits per heavy atom. The number of pyridine rings is 1. The Balaban J connectivity index is 2.20. The summed E-state index contributed by atoms with van der Waals surface area (Å²) < 4.78 is 0. The molecule has 1 saturated heterocycles. The Morgan fingerprint density at radius 1 is 1.58 bits per heavy atom.